The van der Waals surface area contributed by atoms with Crippen LogP contribution < -0.4 is 5.32 Å². The molecular formula is C12H22N2O4. The zero-order valence-electron chi connectivity index (χ0n) is 11.2. The van der Waals surface area contributed by atoms with E-state index in [1.54, 1.807) is 18.9 Å². The Hall–Kier alpha value is -1.14. The molecule has 0 aliphatic carbocycles. The van der Waals surface area contributed by atoms with Gasteiger partial charge in [-0.15, -0.1) is 0 Å². The van der Waals surface area contributed by atoms with E-state index < -0.39 is 11.9 Å². The summed E-state index contributed by atoms with van der Waals surface area (Å²) in [6, 6.07) is -0.669. The molecule has 0 spiro atoms. The van der Waals surface area contributed by atoms with Gasteiger partial charge in [-0.1, -0.05) is 6.92 Å². The van der Waals surface area contributed by atoms with Gasteiger partial charge >= 0.3 is 5.97 Å². The summed E-state index contributed by atoms with van der Waals surface area (Å²) in [6.07, 6.45) is 0.797. The molecule has 0 saturated carbocycles. The summed E-state index contributed by atoms with van der Waals surface area (Å²) in [5.41, 5.74) is 0. The van der Waals surface area contributed by atoms with Crippen LogP contribution in [0.5, 0.6) is 0 Å². The van der Waals surface area contributed by atoms with Crippen molar-refractivity contribution in [3.05, 3.63) is 0 Å². The van der Waals surface area contributed by atoms with E-state index in [0.717, 1.165) is 6.42 Å². The molecule has 1 saturated heterocycles. The van der Waals surface area contributed by atoms with E-state index in [-0.39, 0.29) is 24.6 Å². The number of carbonyl (C=O) groups is 2. The van der Waals surface area contributed by atoms with Crippen LogP contribution in [0.15, 0.2) is 0 Å². The van der Waals surface area contributed by atoms with Crippen molar-refractivity contribution in [3.63, 3.8) is 0 Å². The Labute approximate surface area is 107 Å². The lowest BCUT2D eigenvalue weighted by molar-refractivity contribution is -0.145. The molecule has 1 aliphatic rings. The maximum atomic E-state index is 12.2. The van der Waals surface area contributed by atoms with E-state index in [1.807, 2.05) is 6.92 Å². The molecule has 6 nitrogen and oxygen atoms in total. The molecule has 3 atom stereocenters. The summed E-state index contributed by atoms with van der Waals surface area (Å²) in [4.78, 5) is 25.0. The molecule has 0 aromatic carbocycles. The highest BCUT2D eigenvalue weighted by Gasteiger charge is 2.40. The van der Waals surface area contributed by atoms with Gasteiger partial charge in [0.25, 0.3) is 0 Å². The third-order valence-electron chi connectivity index (χ3n) is 3.32. The fraction of sp³-hybridized carbons (Fsp3) is 0.833. The molecule has 3 unspecified atom stereocenters. The molecule has 1 fully saturated rings. The minimum Gasteiger partial charge on any atom is -0.481 e. The second-order valence-electron chi connectivity index (χ2n) is 4.59. The number of likely N-dealkylation sites (N-methyl/N-ethyl adjacent to an activating group) is 1. The fourth-order valence-corrected chi connectivity index (χ4v) is 2.14. The largest absolute Gasteiger partial charge is 0.481 e. The molecule has 1 amide bonds. The Morgan fingerprint density at radius 2 is 2.17 bits per heavy atom. The Morgan fingerprint density at radius 3 is 2.67 bits per heavy atom. The lowest BCUT2D eigenvalue weighted by Crippen LogP contribution is -2.52. The van der Waals surface area contributed by atoms with E-state index in [4.69, 9.17) is 9.84 Å². The van der Waals surface area contributed by atoms with Gasteiger partial charge in [-0.3, -0.25) is 9.59 Å². The Kier molecular flexibility index (Phi) is 5.55. The number of nitrogens with zero attached hydrogens (tertiary/aromatic N) is 1. The van der Waals surface area contributed by atoms with E-state index >= 15 is 0 Å². The van der Waals surface area contributed by atoms with E-state index in [9.17, 15) is 9.59 Å². The number of hydrogen-bond donors (Lipinski definition) is 2. The molecule has 104 valence electrons. The van der Waals surface area contributed by atoms with Crippen molar-refractivity contribution in [2.24, 2.45) is 5.92 Å². The van der Waals surface area contributed by atoms with Crippen molar-refractivity contribution in [1.29, 1.82) is 0 Å². The summed E-state index contributed by atoms with van der Waals surface area (Å²) in [5, 5.41) is 12.0. The number of nitrogens with one attached hydrogen (secondary N) is 1. The van der Waals surface area contributed by atoms with Crippen molar-refractivity contribution in [2.75, 3.05) is 26.8 Å². The van der Waals surface area contributed by atoms with Crippen LogP contribution in [0.25, 0.3) is 0 Å². The van der Waals surface area contributed by atoms with Crippen molar-refractivity contribution >= 4 is 11.9 Å². The number of rotatable bonds is 6. The third kappa shape index (κ3) is 3.20. The molecule has 6 heteroatoms. The highest BCUT2D eigenvalue weighted by Crippen LogP contribution is 2.21. The van der Waals surface area contributed by atoms with Gasteiger partial charge in [-0.25, -0.2) is 0 Å². The zero-order chi connectivity index (χ0) is 13.7. The first kappa shape index (κ1) is 14.9. The molecule has 0 bridgehead atoms. The molecule has 0 aromatic rings. The van der Waals surface area contributed by atoms with Gasteiger partial charge in [0.05, 0.1) is 25.3 Å². The van der Waals surface area contributed by atoms with Crippen LogP contribution in [-0.2, 0) is 14.3 Å². The predicted octanol–water partition coefficient (Wildman–Crippen LogP) is -0.0675. The number of aliphatic carboxylic acids is 1. The smallest absolute Gasteiger partial charge is 0.311 e. The van der Waals surface area contributed by atoms with E-state index in [1.165, 1.54) is 0 Å². The van der Waals surface area contributed by atoms with Gasteiger partial charge in [0.2, 0.25) is 5.91 Å². The number of carboxylic acids is 1. The summed E-state index contributed by atoms with van der Waals surface area (Å²) in [7, 11) is 1.71. The molecule has 0 aromatic heterocycles. The van der Waals surface area contributed by atoms with Gasteiger partial charge in [0.15, 0.2) is 0 Å². The van der Waals surface area contributed by atoms with Crippen LogP contribution >= 0.6 is 0 Å². The summed E-state index contributed by atoms with van der Waals surface area (Å²) < 4.78 is 5.23. The zero-order valence-corrected chi connectivity index (χ0v) is 11.2. The minimum atomic E-state index is -0.900. The Bertz CT molecular complexity index is 308. The quantitative estimate of drug-likeness (QED) is 0.697. The maximum Gasteiger partial charge on any atom is 0.311 e. The Balaban J connectivity index is 2.83. The van der Waals surface area contributed by atoms with Crippen LogP contribution in [0.4, 0.5) is 0 Å². The maximum absolute atomic E-state index is 12.2. The van der Waals surface area contributed by atoms with Gasteiger partial charge in [0.1, 0.15) is 5.92 Å². The van der Waals surface area contributed by atoms with Gasteiger partial charge in [-0.2, -0.15) is 0 Å². The summed E-state index contributed by atoms with van der Waals surface area (Å²) in [6.45, 7) is 4.79. The van der Waals surface area contributed by atoms with Crippen molar-refractivity contribution in [1.82, 2.24) is 10.2 Å². The fourth-order valence-electron chi connectivity index (χ4n) is 2.14. The monoisotopic (exact) mass is 258 g/mol. The second kappa shape index (κ2) is 6.70. The van der Waals surface area contributed by atoms with Crippen LogP contribution in [0.1, 0.15) is 20.3 Å². The van der Waals surface area contributed by atoms with Crippen LogP contribution in [0, 0.1) is 5.92 Å². The number of ether oxygens (including phenoxy) is 1. The first-order valence-corrected chi connectivity index (χ1v) is 6.31. The van der Waals surface area contributed by atoms with Gasteiger partial charge in [-0.05, 0) is 20.4 Å². The highest BCUT2D eigenvalue weighted by atomic mass is 16.5. The van der Waals surface area contributed by atoms with E-state index in [0.29, 0.717) is 13.2 Å². The van der Waals surface area contributed by atoms with Crippen LogP contribution in [0.2, 0.25) is 0 Å². The molecular weight excluding hydrogens is 236 g/mol. The third-order valence-corrected chi connectivity index (χ3v) is 3.32. The normalized spacial score (nSPS) is 24.8. The average Bonchev–Trinajstić information content (AvgIpc) is 2.83. The van der Waals surface area contributed by atoms with Crippen LogP contribution in [-0.4, -0.2) is 60.8 Å². The highest BCUT2D eigenvalue weighted by molar-refractivity contribution is 5.83. The predicted molar refractivity (Wildman–Crippen MR) is 66.3 cm³/mol. The Morgan fingerprint density at radius 1 is 1.50 bits per heavy atom. The number of carboxylic acid groups (broad SMARTS) is 1. The SMILES string of the molecule is CCCN(C(=O)C(C)NC)C1COCC1C(=O)O. The molecule has 1 heterocycles. The molecule has 1 aliphatic heterocycles. The van der Waals surface area contributed by atoms with Crippen LogP contribution in [0.3, 0.4) is 0 Å². The van der Waals surface area contributed by atoms with Crippen molar-refractivity contribution < 1.29 is 19.4 Å². The lowest BCUT2D eigenvalue weighted by atomic mass is 10.0. The molecule has 0 radical (unpaired) electrons. The number of carbonyl (C=O) groups excluding carboxylic acids is 1. The summed E-state index contributed by atoms with van der Waals surface area (Å²) in [5.74, 6) is -1.59. The minimum absolute atomic E-state index is 0.0684. The first-order valence-electron chi connectivity index (χ1n) is 6.31. The summed E-state index contributed by atoms with van der Waals surface area (Å²) >= 11 is 0. The number of amides is 1. The molecule has 18 heavy (non-hydrogen) atoms. The van der Waals surface area contributed by atoms with Crippen molar-refractivity contribution in [3.8, 4) is 0 Å². The number of hydrogen-bond acceptors (Lipinski definition) is 4. The van der Waals surface area contributed by atoms with Gasteiger partial charge < -0.3 is 20.1 Å². The molecule has 2 N–H and O–H groups in total. The van der Waals surface area contributed by atoms with Gasteiger partial charge in [0, 0.05) is 6.54 Å². The standard InChI is InChI=1S/C12H22N2O4/c1-4-5-14(11(15)8(2)13-3)10-7-18-6-9(10)12(16)17/h8-10,13H,4-7H2,1-3H3,(H,16,17). The molecule has 1 rings (SSSR count). The second-order valence-corrected chi connectivity index (χ2v) is 4.59. The lowest BCUT2D eigenvalue weighted by Gasteiger charge is -2.32. The first-order chi connectivity index (χ1) is 8.52. The van der Waals surface area contributed by atoms with E-state index in [2.05, 4.69) is 5.32 Å². The topological polar surface area (TPSA) is 78.9 Å². The van der Waals surface area contributed by atoms with Crippen molar-refractivity contribution in [2.45, 2.75) is 32.4 Å². The average molecular weight is 258 g/mol.